The van der Waals surface area contributed by atoms with Gasteiger partial charge in [0.1, 0.15) is 5.58 Å². The van der Waals surface area contributed by atoms with E-state index in [0.717, 1.165) is 61.2 Å². The third-order valence-electron chi connectivity index (χ3n) is 9.90. The molecule has 0 spiro atoms. The van der Waals surface area contributed by atoms with Crippen LogP contribution in [-0.4, -0.2) is 19.5 Å². The Balaban J connectivity index is 0.000000262. The first-order valence-electron chi connectivity index (χ1n) is 18.6. The van der Waals surface area contributed by atoms with Gasteiger partial charge in [-0.15, -0.1) is 53.6 Å². The summed E-state index contributed by atoms with van der Waals surface area (Å²) in [5.41, 5.74) is 14.5. The van der Waals surface area contributed by atoms with Crippen LogP contribution in [0.1, 0.15) is 61.8 Å². The van der Waals surface area contributed by atoms with Crippen molar-refractivity contribution in [3.63, 3.8) is 0 Å². The summed E-state index contributed by atoms with van der Waals surface area (Å²) >= 11 is 0. The van der Waals surface area contributed by atoms with Gasteiger partial charge in [-0.2, -0.15) is 0 Å². The van der Waals surface area contributed by atoms with E-state index in [1.165, 1.54) is 27.9 Å². The number of hydrogen-bond acceptors (Lipinski definition) is 4. The zero-order valence-electron chi connectivity index (χ0n) is 31.9. The third-order valence-corrected chi connectivity index (χ3v) is 9.90. The van der Waals surface area contributed by atoms with Gasteiger partial charge < -0.3 is 14.0 Å². The molecule has 1 radical (unpaired) electrons. The smallest absolute Gasteiger partial charge is 0.168 e. The Morgan fingerprint density at radius 3 is 2.07 bits per heavy atom. The molecule has 6 heteroatoms. The Morgan fingerprint density at radius 2 is 1.38 bits per heavy atom. The largest absolute Gasteiger partial charge is 0.501 e. The van der Waals surface area contributed by atoms with E-state index in [0.29, 0.717) is 17.5 Å². The molecular formula is C49H42IrN4O-2. The molecule has 55 heavy (non-hydrogen) atoms. The van der Waals surface area contributed by atoms with Crippen molar-refractivity contribution < 1.29 is 24.5 Å². The van der Waals surface area contributed by atoms with Crippen molar-refractivity contribution in [1.29, 1.82) is 0 Å². The number of para-hydroxylation sites is 2. The zero-order valence-corrected chi connectivity index (χ0v) is 34.3. The molecule has 0 aliphatic carbocycles. The summed E-state index contributed by atoms with van der Waals surface area (Å²) in [5.74, 6) is 1.41. The number of furan rings is 1. The van der Waals surface area contributed by atoms with Crippen LogP contribution in [0.5, 0.6) is 0 Å². The van der Waals surface area contributed by atoms with Crippen LogP contribution in [0, 0.1) is 26.0 Å². The monoisotopic (exact) mass is 895 g/mol. The first-order valence-corrected chi connectivity index (χ1v) is 18.6. The number of fused-ring (bicyclic) bond motifs is 4. The summed E-state index contributed by atoms with van der Waals surface area (Å²) in [6.45, 7) is 13.1. The fourth-order valence-electron chi connectivity index (χ4n) is 7.06. The summed E-state index contributed by atoms with van der Waals surface area (Å²) < 4.78 is 8.77. The maximum Gasteiger partial charge on any atom is 0.168 e. The van der Waals surface area contributed by atoms with E-state index in [4.69, 9.17) is 14.4 Å². The van der Waals surface area contributed by atoms with Gasteiger partial charge >= 0.3 is 0 Å². The fourth-order valence-corrected chi connectivity index (χ4v) is 7.06. The first-order chi connectivity index (χ1) is 26.3. The molecule has 0 saturated heterocycles. The molecule has 5 nitrogen and oxygen atoms in total. The van der Waals surface area contributed by atoms with Crippen molar-refractivity contribution >= 4 is 33.1 Å². The minimum atomic E-state index is 0. The number of rotatable bonds is 6. The SMILES string of the molecule is CC(C)c1cccc(C(C)C)c1-n1c(-c2[c-]ccc3c2oc2ccccc23)nc2ncc(-c3ccccc3)cc21.Cc1c[c-]c(-c2ccc(C)cn2)cc1.[Ir]. The Kier molecular flexibility index (Phi) is 10.9. The van der Waals surface area contributed by atoms with Crippen molar-refractivity contribution in [3.05, 3.63) is 168 Å². The minimum Gasteiger partial charge on any atom is -0.501 e. The molecule has 0 saturated carbocycles. The quantitative estimate of drug-likeness (QED) is 0.156. The second kappa shape index (κ2) is 16.0. The topological polar surface area (TPSA) is 56.7 Å². The van der Waals surface area contributed by atoms with Gasteiger partial charge in [0.25, 0.3) is 0 Å². The summed E-state index contributed by atoms with van der Waals surface area (Å²) in [5, 5.41) is 2.15. The van der Waals surface area contributed by atoms with Gasteiger partial charge in [0, 0.05) is 49.1 Å². The molecule has 0 N–H and O–H groups in total. The van der Waals surface area contributed by atoms with Gasteiger partial charge in [0.2, 0.25) is 0 Å². The van der Waals surface area contributed by atoms with Crippen LogP contribution in [0.3, 0.4) is 0 Å². The van der Waals surface area contributed by atoms with E-state index in [-0.39, 0.29) is 20.1 Å². The van der Waals surface area contributed by atoms with Gasteiger partial charge in [0.05, 0.1) is 16.9 Å². The summed E-state index contributed by atoms with van der Waals surface area (Å²) in [6, 6.07) is 48.4. The molecule has 0 bridgehead atoms. The number of nitrogens with zero attached hydrogens (tertiary/aromatic N) is 4. The van der Waals surface area contributed by atoms with E-state index in [2.05, 4.69) is 129 Å². The molecule has 9 rings (SSSR count). The molecule has 0 amide bonds. The fraction of sp³-hybridized carbons (Fsp3) is 0.163. The molecule has 0 aliphatic rings. The summed E-state index contributed by atoms with van der Waals surface area (Å²) in [6.07, 6.45) is 3.80. The van der Waals surface area contributed by atoms with Crippen LogP contribution in [0.4, 0.5) is 0 Å². The van der Waals surface area contributed by atoms with E-state index in [1.54, 1.807) is 0 Å². The first kappa shape index (κ1) is 37.6. The Labute approximate surface area is 336 Å². The van der Waals surface area contributed by atoms with Gasteiger partial charge in [-0.25, -0.2) is 4.98 Å². The Morgan fingerprint density at radius 1 is 0.655 bits per heavy atom. The van der Waals surface area contributed by atoms with Gasteiger partial charge in [-0.3, -0.25) is 4.98 Å². The number of pyridine rings is 2. The van der Waals surface area contributed by atoms with E-state index in [1.807, 2.05) is 67.8 Å². The molecule has 275 valence electrons. The van der Waals surface area contributed by atoms with E-state index < -0.39 is 0 Å². The number of aryl methyl sites for hydroxylation is 2. The molecule has 5 aromatic carbocycles. The average molecular weight is 895 g/mol. The normalized spacial score (nSPS) is 11.3. The van der Waals surface area contributed by atoms with Crippen molar-refractivity contribution in [2.75, 3.05) is 0 Å². The molecular weight excluding hydrogens is 853 g/mol. The van der Waals surface area contributed by atoms with Crippen molar-refractivity contribution in [2.24, 2.45) is 0 Å². The van der Waals surface area contributed by atoms with E-state index >= 15 is 0 Å². The Bertz CT molecular complexity index is 2660. The van der Waals surface area contributed by atoms with Gasteiger partial charge in [-0.1, -0.05) is 124 Å². The molecule has 0 fully saturated rings. The van der Waals surface area contributed by atoms with Crippen LogP contribution >= 0.6 is 0 Å². The predicted molar refractivity (Wildman–Crippen MR) is 222 cm³/mol. The van der Waals surface area contributed by atoms with Crippen molar-refractivity contribution in [3.8, 4) is 39.5 Å². The second-order valence-corrected chi connectivity index (χ2v) is 14.5. The third kappa shape index (κ3) is 7.41. The second-order valence-electron chi connectivity index (χ2n) is 14.5. The average Bonchev–Trinajstić information content (AvgIpc) is 3.77. The maximum absolute atomic E-state index is 6.47. The predicted octanol–water partition coefficient (Wildman–Crippen LogP) is 12.9. The van der Waals surface area contributed by atoms with Gasteiger partial charge in [-0.05, 0) is 58.8 Å². The summed E-state index contributed by atoms with van der Waals surface area (Å²) in [7, 11) is 0. The molecule has 0 unspecified atom stereocenters. The standard InChI is InChI=1S/C36H30N3O.C13H12N.Ir/c1-22(2)26-15-10-16-27(23(3)4)33(26)39-31-20-25(24-12-6-5-7-13-24)21-37-35(31)38-36(39)30-18-11-17-29-28-14-8-9-19-32(28)40-34(29)30;1-10-3-6-12(7-4-10)13-8-5-11(2)9-14-13;/h5-17,19-23H,1-4H3;3-6,8-9H,1-2H3;/q2*-1;. The van der Waals surface area contributed by atoms with Crippen LogP contribution in [0.2, 0.25) is 0 Å². The minimum absolute atomic E-state index is 0. The van der Waals surface area contributed by atoms with Gasteiger partial charge in [0.15, 0.2) is 5.65 Å². The van der Waals surface area contributed by atoms with Crippen LogP contribution in [0.25, 0.3) is 72.6 Å². The zero-order chi connectivity index (χ0) is 37.3. The maximum atomic E-state index is 6.47. The van der Waals surface area contributed by atoms with Crippen LogP contribution in [-0.2, 0) is 20.1 Å². The molecule has 4 aromatic heterocycles. The van der Waals surface area contributed by atoms with Crippen LogP contribution < -0.4 is 0 Å². The molecule has 4 heterocycles. The number of benzene rings is 5. The Hall–Kier alpha value is -5.68. The van der Waals surface area contributed by atoms with E-state index in [9.17, 15) is 0 Å². The number of imidazole rings is 1. The molecule has 9 aromatic rings. The molecule has 0 aliphatic heterocycles. The number of aromatic nitrogens is 4. The van der Waals surface area contributed by atoms with Crippen LogP contribution in [0.15, 0.2) is 138 Å². The van der Waals surface area contributed by atoms with Crippen molar-refractivity contribution in [1.82, 2.24) is 19.5 Å². The summed E-state index contributed by atoms with van der Waals surface area (Å²) in [4.78, 5) is 14.4. The number of hydrogen-bond donors (Lipinski definition) is 0. The molecule has 0 atom stereocenters. The van der Waals surface area contributed by atoms with Crippen molar-refractivity contribution in [2.45, 2.75) is 53.4 Å².